The molecule has 3 aromatic rings. The van der Waals surface area contributed by atoms with Crippen LogP contribution < -0.4 is 5.56 Å². The zero-order valence-electron chi connectivity index (χ0n) is 14.8. The predicted octanol–water partition coefficient (Wildman–Crippen LogP) is 4.17. The molecule has 4 nitrogen and oxygen atoms in total. The number of hydrogen-bond acceptors (Lipinski definition) is 4. The molecule has 3 rings (SSSR count). The summed E-state index contributed by atoms with van der Waals surface area (Å²) in [6.45, 7) is 8.40. The number of benzene rings is 2. The highest BCUT2D eigenvalue weighted by atomic mass is 32.2. The van der Waals surface area contributed by atoms with Gasteiger partial charge in [0, 0.05) is 0 Å². The van der Waals surface area contributed by atoms with Crippen LogP contribution in [-0.2, 0) is 0 Å². The van der Waals surface area contributed by atoms with Crippen molar-refractivity contribution in [3.05, 3.63) is 65.0 Å². The summed E-state index contributed by atoms with van der Waals surface area (Å²) in [6.07, 6.45) is 0. The van der Waals surface area contributed by atoms with Crippen molar-refractivity contribution < 1.29 is 0 Å². The molecule has 0 radical (unpaired) electrons. The van der Waals surface area contributed by atoms with Gasteiger partial charge in [-0.3, -0.25) is 14.3 Å². The second-order valence-corrected chi connectivity index (χ2v) is 7.11. The fraction of sp³-hybridized carbons (Fsp3) is 0.300. The molecule has 0 aliphatic carbocycles. The Hall–Kier alpha value is -2.11. The zero-order chi connectivity index (χ0) is 17.8. The van der Waals surface area contributed by atoms with Crippen LogP contribution in [0.5, 0.6) is 0 Å². The van der Waals surface area contributed by atoms with E-state index in [9.17, 15) is 4.79 Å². The smallest absolute Gasteiger partial charge is 0.266 e. The normalized spacial score (nSPS) is 12.6. The molecule has 0 aliphatic rings. The monoisotopic (exact) mass is 353 g/mol. The lowest BCUT2D eigenvalue weighted by Crippen LogP contribution is -2.31. The van der Waals surface area contributed by atoms with E-state index in [-0.39, 0.29) is 10.9 Å². The molecule has 0 saturated heterocycles. The fourth-order valence-electron chi connectivity index (χ4n) is 2.96. The minimum absolute atomic E-state index is 0.0222. The summed E-state index contributed by atoms with van der Waals surface area (Å²) in [5, 5.41) is 1.61. The average Bonchev–Trinajstić information content (AvgIpc) is 2.64. The standard InChI is InChI=1S/C20H23N3OS/c1-4-22(5-2)15(3)25-20-21-18-14-10-9-13-17(18)19(24)23(20)16-11-7-6-8-12-16/h6-15H,4-5H2,1-3H3. The van der Waals surface area contributed by atoms with Crippen molar-refractivity contribution >= 4 is 22.7 Å². The molecule has 0 aliphatic heterocycles. The summed E-state index contributed by atoms with van der Waals surface area (Å²) in [5.41, 5.74) is 1.57. The van der Waals surface area contributed by atoms with Crippen LogP contribution in [0.25, 0.3) is 16.6 Å². The third-order valence-corrected chi connectivity index (χ3v) is 5.49. The first-order valence-corrected chi connectivity index (χ1v) is 9.51. The lowest BCUT2D eigenvalue weighted by atomic mass is 10.2. The van der Waals surface area contributed by atoms with Crippen LogP contribution in [0.4, 0.5) is 0 Å². The van der Waals surface area contributed by atoms with Crippen molar-refractivity contribution in [3.63, 3.8) is 0 Å². The van der Waals surface area contributed by atoms with Gasteiger partial charge in [0.1, 0.15) is 0 Å². The van der Waals surface area contributed by atoms with Gasteiger partial charge in [-0.2, -0.15) is 0 Å². The largest absolute Gasteiger partial charge is 0.292 e. The lowest BCUT2D eigenvalue weighted by molar-refractivity contribution is 0.296. The molecule has 0 N–H and O–H groups in total. The highest BCUT2D eigenvalue weighted by molar-refractivity contribution is 7.99. The summed E-state index contributed by atoms with van der Waals surface area (Å²) in [5.74, 6) is 0. The van der Waals surface area contributed by atoms with Crippen molar-refractivity contribution in [2.75, 3.05) is 13.1 Å². The number of aromatic nitrogens is 2. The minimum Gasteiger partial charge on any atom is -0.292 e. The Kier molecular flexibility index (Phi) is 5.56. The summed E-state index contributed by atoms with van der Waals surface area (Å²) >= 11 is 1.63. The Balaban J connectivity index is 2.17. The Bertz CT molecular complexity index is 904. The molecule has 0 bridgehead atoms. The summed E-state index contributed by atoms with van der Waals surface area (Å²) in [7, 11) is 0. The van der Waals surface area contributed by atoms with Crippen LogP contribution >= 0.6 is 11.8 Å². The van der Waals surface area contributed by atoms with E-state index in [2.05, 4.69) is 25.7 Å². The summed E-state index contributed by atoms with van der Waals surface area (Å²) < 4.78 is 1.73. The number of para-hydroxylation sites is 2. The quantitative estimate of drug-likeness (QED) is 0.379. The highest BCUT2D eigenvalue weighted by Gasteiger charge is 2.18. The highest BCUT2D eigenvalue weighted by Crippen LogP contribution is 2.26. The SMILES string of the molecule is CCN(CC)C(C)Sc1nc2ccccc2c(=O)n1-c1ccccc1. The Morgan fingerprint density at radius 2 is 1.68 bits per heavy atom. The number of rotatable bonds is 6. The predicted molar refractivity (Wildman–Crippen MR) is 106 cm³/mol. The Labute approximate surface area is 152 Å². The van der Waals surface area contributed by atoms with Gasteiger partial charge in [0.05, 0.1) is 22.0 Å². The van der Waals surface area contributed by atoms with Crippen LogP contribution in [0, 0.1) is 0 Å². The van der Waals surface area contributed by atoms with E-state index in [4.69, 9.17) is 4.98 Å². The van der Waals surface area contributed by atoms with Gasteiger partial charge < -0.3 is 0 Å². The Morgan fingerprint density at radius 1 is 1.04 bits per heavy atom. The van der Waals surface area contributed by atoms with E-state index in [0.717, 1.165) is 29.5 Å². The van der Waals surface area contributed by atoms with Crippen LogP contribution in [0.2, 0.25) is 0 Å². The molecule has 0 amide bonds. The second kappa shape index (κ2) is 7.85. The van der Waals surface area contributed by atoms with E-state index in [1.165, 1.54) is 0 Å². The van der Waals surface area contributed by atoms with Crippen LogP contribution in [0.15, 0.2) is 64.5 Å². The molecule has 2 aromatic carbocycles. The van der Waals surface area contributed by atoms with Crippen LogP contribution in [-0.4, -0.2) is 32.9 Å². The maximum atomic E-state index is 13.1. The Morgan fingerprint density at radius 3 is 2.36 bits per heavy atom. The van der Waals surface area contributed by atoms with Crippen LogP contribution in [0.3, 0.4) is 0 Å². The van der Waals surface area contributed by atoms with E-state index in [0.29, 0.717) is 5.39 Å². The van der Waals surface area contributed by atoms with Crippen molar-refractivity contribution in [1.82, 2.24) is 14.5 Å². The molecule has 1 atom stereocenters. The third kappa shape index (κ3) is 3.62. The lowest BCUT2D eigenvalue weighted by Gasteiger charge is -2.26. The first-order valence-electron chi connectivity index (χ1n) is 8.63. The van der Waals surface area contributed by atoms with Gasteiger partial charge in [0.25, 0.3) is 5.56 Å². The molecule has 130 valence electrons. The van der Waals surface area contributed by atoms with Crippen molar-refractivity contribution in [1.29, 1.82) is 0 Å². The molecular weight excluding hydrogens is 330 g/mol. The van der Waals surface area contributed by atoms with Crippen molar-refractivity contribution in [2.24, 2.45) is 0 Å². The molecule has 5 heteroatoms. The van der Waals surface area contributed by atoms with Crippen molar-refractivity contribution in [3.8, 4) is 5.69 Å². The number of hydrogen-bond donors (Lipinski definition) is 0. The number of fused-ring (bicyclic) bond motifs is 1. The number of thioether (sulfide) groups is 1. The molecule has 0 spiro atoms. The van der Waals surface area contributed by atoms with E-state index >= 15 is 0 Å². The number of nitrogens with zero attached hydrogens (tertiary/aromatic N) is 3. The first-order chi connectivity index (χ1) is 12.2. The topological polar surface area (TPSA) is 38.1 Å². The zero-order valence-corrected chi connectivity index (χ0v) is 15.7. The van der Waals surface area contributed by atoms with Gasteiger partial charge in [-0.15, -0.1) is 0 Å². The molecule has 0 fully saturated rings. The van der Waals surface area contributed by atoms with Gasteiger partial charge in [-0.1, -0.05) is 55.9 Å². The fourth-order valence-corrected chi connectivity index (χ4v) is 4.16. The van der Waals surface area contributed by atoms with E-state index in [1.807, 2.05) is 54.6 Å². The molecule has 1 heterocycles. The molecule has 0 saturated carbocycles. The average molecular weight is 353 g/mol. The van der Waals surface area contributed by atoms with Gasteiger partial charge >= 0.3 is 0 Å². The van der Waals surface area contributed by atoms with Crippen LogP contribution in [0.1, 0.15) is 20.8 Å². The first kappa shape index (κ1) is 17.7. The van der Waals surface area contributed by atoms with Gasteiger partial charge in [-0.25, -0.2) is 4.98 Å². The summed E-state index contributed by atoms with van der Waals surface area (Å²) in [6, 6.07) is 17.3. The molecule has 1 unspecified atom stereocenters. The second-order valence-electron chi connectivity index (χ2n) is 5.83. The van der Waals surface area contributed by atoms with Crippen molar-refractivity contribution in [2.45, 2.75) is 31.3 Å². The maximum Gasteiger partial charge on any atom is 0.266 e. The maximum absolute atomic E-state index is 13.1. The molecule has 1 aromatic heterocycles. The molecule has 25 heavy (non-hydrogen) atoms. The van der Waals surface area contributed by atoms with E-state index in [1.54, 1.807) is 16.3 Å². The minimum atomic E-state index is -0.0222. The molecular formula is C20H23N3OS. The summed E-state index contributed by atoms with van der Waals surface area (Å²) in [4.78, 5) is 20.3. The van der Waals surface area contributed by atoms with Gasteiger partial charge in [0.2, 0.25) is 0 Å². The van der Waals surface area contributed by atoms with Gasteiger partial charge in [0.15, 0.2) is 5.16 Å². The third-order valence-electron chi connectivity index (χ3n) is 4.36. The van der Waals surface area contributed by atoms with E-state index < -0.39 is 0 Å². The van der Waals surface area contributed by atoms with Gasteiger partial charge in [-0.05, 0) is 44.3 Å².